The highest BCUT2D eigenvalue weighted by atomic mass is 35.5. The van der Waals surface area contributed by atoms with E-state index in [0.29, 0.717) is 17.2 Å². The van der Waals surface area contributed by atoms with Crippen LogP contribution in [-0.4, -0.2) is 18.6 Å². The predicted molar refractivity (Wildman–Crippen MR) is 70.3 cm³/mol. The van der Waals surface area contributed by atoms with Gasteiger partial charge in [0.15, 0.2) is 0 Å². The number of anilines is 1. The van der Waals surface area contributed by atoms with Crippen molar-refractivity contribution in [2.75, 3.05) is 11.9 Å². The van der Waals surface area contributed by atoms with Crippen LogP contribution >= 0.6 is 11.6 Å². The van der Waals surface area contributed by atoms with Gasteiger partial charge in [0.25, 0.3) is 0 Å². The van der Waals surface area contributed by atoms with Crippen LogP contribution in [0.1, 0.15) is 13.8 Å². The molecule has 1 unspecified atom stereocenters. The molecule has 17 heavy (non-hydrogen) atoms. The molecule has 0 bridgehead atoms. The number of carbonyl (C=O) groups is 1. The quantitative estimate of drug-likeness (QED) is 0.647. The maximum absolute atomic E-state index is 11.7. The summed E-state index contributed by atoms with van der Waals surface area (Å²) in [4.78, 5) is 11.7. The normalized spacial score (nSPS) is 11.7. The smallest absolute Gasteiger partial charge is 0.332 e. The summed E-state index contributed by atoms with van der Waals surface area (Å²) in [7, 11) is 0. The summed E-state index contributed by atoms with van der Waals surface area (Å²) in [5.74, 6) is -0.333. The average molecular weight is 254 g/mol. The topological polar surface area (TPSA) is 38.3 Å². The second-order valence-electron chi connectivity index (χ2n) is 3.69. The molecule has 4 heteroatoms. The van der Waals surface area contributed by atoms with Crippen molar-refractivity contribution in [1.82, 2.24) is 0 Å². The fourth-order valence-electron chi connectivity index (χ4n) is 1.35. The van der Waals surface area contributed by atoms with Crippen LogP contribution < -0.4 is 5.32 Å². The van der Waals surface area contributed by atoms with Gasteiger partial charge in [0.1, 0.15) is 6.04 Å². The van der Waals surface area contributed by atoms with Crippen LogP contribution in [-0.2, 0) is 9.53 Å². The lowest BCUT2D eigenvalue weighted by Gasteiger charge is -2.18. The molecule has 0 saturated heterocycles. The van der Waals surface area contributed by atoms with Crippen molar-refractivity contribution in [3.8, 4) is 0 Å². The van der Waals surface area contributed by atoms with E-state index in [0.717, 1.165) is 5.69 Å². The van der Waals surface area contributed by atoms with Gasteiger partial charge in [0.05, 0.1) is 6.61 Å². The van der Waals surface area contributed by atoms with E-state index in [1.165, 1.54) is 0 Å². The molecule has 0 aliphatic carbocycles. The Morgan fingerprint density at radius 1 is 1.59 bits per heavy atom. The van der Waals surface area contributed by atoms with Crippen molar-refractivity contribution in [3.63, 3.8) is 0 Å². The molecule has 3 nitrogen and oxygen atoms in total. The molecule has 1 aromatic rings. The highest BCUT2D eigenvalue weighted by Crippen LogP contribution is 2.17. The minimum atomic E-state index is -0.548. The summed E-state index contributed by atoms with van der Waals surface area (Å²) in [6, 6.07) is 6.61. The predicted octanol–water partition coefficient (Wildman–Crippen LogP) is 3.26. The van der Waals surface area contributed by atoms with Crippen LogP contribution in [0.2, 0.25) is 5.02 Å². The van der Waals surface area contributed by atoms with Gasteiger partial charge in [-0.2, -0.15) is 0 Å². The molecule has 1 N–H and O–H groups in total. The zero-order valence-corrected chi connectivity index (χ0v) is 10.8. The number of rotatable bonds is 5. The molecule has 0 heterocycles. The second kappa shape index (κ2) is 6.30. The molecule has 0 amide bonds. The lowest BCUT2D eigenvalue weighted by Crippen LogP contribution is -2.32. The number of hydrogen-bond donors (Lipinski definition) is 1. The van der Waals surface area contributed by atoms with Gasteiger partial charge in [0, 0.05) is 10.7 Å². The Kier molecular flexibility index (Phi) is 5.04. The van der Waals surface area contributed by atoms with Gasteiger partial charge in [-0.1, -0.05) is 24.2 Å². The SMILES string of the molecule is C=C(C)C(Nc1cccc(Cl)c1)C(=O)OCC. The molecule has 92 valence electrons. The fourth-order valence-corrected chi connectivity index (χ4v) is 1.54. The zero-order chi connectivity index (χ0) is 12.8. The summed E-state index contributed by atoms with van der Waals surface area (Å²) >= 11 is 5.87. The molecule has 1 aromatic carbocycles. The van der Waals surface area contributed by atoms with Gasteiger partial charge in [-0.3, -0.25) is 0 Å². The number of halogens is 1. The number of esters is 1. The molecular weight excluding hydrogens is 238 g/mol. The fraction of sp³-hybridized carbons (Fsp3) is 0.308. The van der Waals surface area contributed by atoms with Crippen LogP contribution in [0, 0.1) is 0 Å². The summed E-state index contributed by atoms with van der Waals surface area (Å²) in [6.45, 7) is 7.68. The molecule has 0 fully saturated rings. The van der Waals surface area contributed by atoms with Crippen molar-refractivity contribution < 1.29 is 9.53 Å². The first-order chi connectivity index (χ1) is 8.04. The standard InChI is InChI=1S/C13H16ClNO2/c1-4-17-13(16)12(9(2)3)15-11-7-5-6-10(14)8-11/h5-8,12,15H,2,4H2,1,3H3. The lowest BCUT2D eigenvalue weighted by molar-refractivity contribution is -0.143. The molecule has 1 rings (SSSR count). The van der Waals surface area contributed by atoms with Gasteiger partial charge in [-0.05, 0) is 37.6 Å². The largest absolute Gasteiger partial charge is 0.464 e. The average Bonchev–Trinajstić information content (AvgIpc) is 2.26. The van der Waals surface area contributed by atoms with Crippen molar-refractivity contribution in [3.05, 3.63) is 41.4 Å². The van der Waals surface area contributed by atoms with E-state index in [4.69, 9.17) is 16.3 Å². The molecule has 1 atom stereocenters. The van der Waals surface area contributed by atoms with Gasteiger partial charge < -0.3 is 10.1 Å². The highest BCUT2D eigenvalue weighted by Gasteiger charge is 2.20. The minimum absolute atomic E-state index is 0.333. The van der Waals surface area contributed by atoms with Crippen LogP contribution in [0.15, 0.2) is 36.4 Å². The lowest BCUT2D eigenvalue weighted by atomic mass is 10.1. The van der Waals surface area contributed by atoms with Gasteiger partial charge in [0.2, 0.25) is 0 Å². The first-order valence-corrected chi connectivity index (χ1v) is 5.76. The first-order valence-electron chi connectivity index (χ1n) is 5.38. The third kappa shape index (κ3) is 4.11. The third-order valence-electron chi connectivity index (χ3n) is 2.15. The molecule has 0 spiro atoms. The molecule has 0 saturated carbocycles. The van der Waals surface area contributed by atoms with E-state index in [9.17, 15) is 4.79 Å². The highest BCUT2D eigenvalue weighted by molar-refractivity contribution is 6.30. The third-order valence-corrected chi connectivity index (χ3v) is 2.39. The van der Waals surface area contributed by atoms with Crippen LogP contribution in [0.4, 0.5) is 5.69 Å². The van der Waals surface area contributed by atoms with Gasteiger partial charge >= 0.3 is 5.97 Å². The Bertz CT molecular complexity index is 418. The summed E-state index contributed by atoms with van der Waals surface area (Å²) < 4.78 is 4.97. The molecule has 0 aliphatic rings. The van der Waals surface area contributed by atoms with E-state index in [1.807, 2.05) is 12.1 Å². The van der Waals surface area contributed by atoms with E-state index in [-0.39, 0.29) is 5.97 Å². The summed E-state index contributed by atoms with van der Waals surface area (Å²) in [5.41, 5.74) is 1.46. The van der Waals surface area contributed by atoms with E-state index >= 15 is 0 Å². The Morgan fingerprint density at radius 3 is 2.82 bits per heavy atom. The second-order valence-corrected chi connectivity index (χ2v) is 4.12. The van der Waals surface area contributed by atoms with E-state index in [1.54, 1.807) is 26.0 Å². The molecule has 0 aliphatic heterocycles. The Labute approximate surface area is 106 Å². The van der Waals surface area contributed by atoms with Crippen molar-refractivity contribution in [1.29, 1.82) is 0 Å². The molecule has 0 aromatic heterocycles. The van der Waals surface area contributed by atoms with Crippen molar-refractivity contribution in [2.24, 2.45) is 0 Å². The number of carbonyl (C=O) groups excluding carboxylic acids is 1. The summed E-state index contributed by atoms with van der Waals surface area (Å²) in [6.07, 6.45) is 0. The van der Waals surface area contributed by atoms with E-state index in [2.05, 4.69) is 11.9 Å². The number of ether oxygens (including phenoxy) is 1. The number of nitrogens with one attached hydrogen (secondary N) is 1. The Morgan fingerprint density at radius 2 is 2.29 bits per heavy atom. The summed E-state index contributed by atoms with van der Waals surface area (Å²) in [5, 5.41) is 3.66. The molecular formula is C13H16ClNO2. The maximum Gasteiger partial charge on any atom is 0.332 e. The Hall–Kier alpha value is -1.48. The first kappa shape index (κ1) is 13.6. The van der Waals surface area contributed by atoms with Crippen LogP contribution in [0.25, 0.3) is 0 Å². The van der Waals surface area contributed by atoms with E-state index < -0.39 is 6.04 Å². The Balaban J connectivity index is 2.80. The zero-order valence-electron chi connectivity index (χ0n) is 10.00. The molecule has 0 radical (unpaired) electrons. The van der Waals surface area contributed by atoms with Crippen molar-refractivity contribution >= 4 is 23.3 Å². The maximum atomic E-state index is 11.7. The minimum Gasteiger partial charge on any atom is -0.464 e. The number of hydrogen-bond acceptors (Lipinski definition) is 3. The van der Waals surface area contributed by atoms with Crippen LogP contribution in [0.3, 0.4) is 0 Å². The number of benzene rings is 1. The van der Waals surface area contributed by atoms with Gasteiger partial charge in [-0.25, -0.2) is 4.79 Å². The van der Waals surface area contributed by atoms with Gasteiger partial charge in [-0.15, -0.1) is 0 Å². The monoisotopic (exact) mass is 253 g/mol. The van der Waals surface area contributed by atoms with Crippen molar-refractivity contribution in [2.45, 2.75) is 19.9 Å². The van der Waals surface area contributed by atoms with Crippen LogP contribution in [0.5, 0.6) is 0 Å².